The van der Waals surface area contributed by atoms with E-state index in [9.17, 15) is 4.79 Å². The molecule has 1 aliphatic rings. The van der Waals surface area contributed by atoms with E-state index in [1.807, 2.05) is 54.7 Å². The standard InChI is InChI=1S/C28H31ClN6O6/c1-5-40-28(36)24(32-39-4)27-30-33-35(31-27)15-13-22-21-9-7-14-34(21)20-12-11-17(29)16-19(20)25(41-22)18-8-6-10-23(37-2)26(18)38-3/h6-12,14,16,22,24-25,32H,5,13,15H2,1-4H3/t22-,24?,25-/m1/s1. The van der Waals surface area contributed by atoms with Crippen molar-refractivity contribution >= 4 is 17.6 Å². The van der Waals surface area contributed by atoms with Gasteiger partial charge in [0.05, 0.1) is 45.9 Å². The van der Waals surface area contributed by atoms with E-state index in [1.165, 1.54) is 11.9 Å². The first kappa shape index (κ1) is 28.6. The molecule has 0 saturated carbocycles. The molecular weight excluding hydrogens is 552 g/mol. The number of hydroxylamine groups is 1. The van der Waals surface area contributed by atoms with Crippen LogP contribution >= 0.6 is 11.6 Å². The Morgan fingerprint density at radius 2 is 1.98 bits per heavy atom. The average molecular weight is 583 g/mol. The van der Waals surface area contributed by atoms with Crippen LogP contribution in [0, 0.1) is 0 Å². The molecule has 0 fully saturated rings. The Kier molecular flexibility index (Phi) is 8.84. The van der Waals surface area contributed by atoms with Crippen LogP contribution in [-0.4, -0.2) is 58.7 Å². The van der Waals surface area contributed by atoms with Gasteiger partial charge in [-0.1, -0.05) is 23.7 Å². The molecule has 1 unspecified atom stereocenters. The van der Waals surface area contributed by atoms with E-state index in [1.54, 1.807) is 21.1 Å². The van der Waals surface area contributed by atoms with Crippen molar-refractivity contribution in [3.8, 4) is 17.2 Å². The van der Waals surface area contributed by atoms with Gasteiger partial charge in [0, 0.05) is 28.8 Å². The van der Waals surface area contributed by atoms with Crippen molar-refractivity contribution in [2.45, 2.75) is 38.1 Å². The number of benzene rings is 2. The third-order valence-corrected chi connectivity index (χ3v) is 6.97. The molecule has 3 heterocycles. The molecule has 12 nitrogen and oxygen atoms in total. The summed E-state index contributed by atoms with van der Waals surface area (Å²) in [5, 5.41) is 13.2. The Morgan fingerprint density at radius 1 is 1.12 bits per heavy atom. The number of hydrogen-bond donors (Lipinski definition) is 1. The van der Waals surface area contributed by atoms with Gasteiger partial charge in [0.15, 0.2) is 17.5 Å². The van der Waals surface area contributed by atoms with Crippen LogP contribution in [0.5, 0.6) is 11.5 Å². The second kappa shape index (κ2) is 12.7. The summed E-state index contributed by atoms with van der Waals surface area (Å²) in [6.45, 7) is 2.28. The van der Waals surface area contributed by atoms with Crippen molar-refractivity contribution in [2.24, 2.45) is 0 Å². The maximum atomic E-state index is 12.4. The van der Waals surface area contributed by atoms with E-state index in [0.717, 1.165) is 22.5 Å². The number of nitrogens with zero attached hydrogens (tertiary/aromatic N) is 5. The van der Waals surface area contributed by atoms with Crippen molar-refractivity contribution < 1.29 is 28.6 Å². The van der Waals surface area contributed by atoms with Crippen LogP contribution in [0.4, 0.5) is 0 Å². The summed E-state index contributed by atoms with van der Waals surface area (Å²) < 4.78 is 25.4. The summed E-state index contributed by atoms with van der Waals surface area (Å²) in [5.41, 5.74) is 6.14. The van der Waals surface area contributed by atoms with Gasteiger partial charge in [0.1, 0.15) is 12.2 Å². The minimum atomic E-state index is -1.01. The summed E-state index contributed by atoms with van der Waals surface area (Å²) >= 11 is 6.49. The highest BCUT2D eigenvalue weighted by Gasteiger charge is 2.33. The van der Waals surface area contributed by atoms with Crippen molar-refractivity contribution in [3.05, 3.63) is 82.4 Å². The maximum absolute atomic E-state index is 12.4. The minimum absolute atomic E-state index is 0.136. The van der Waals surface area contributed by atoms with Crippen LogP contribution in [0.1, 0.15) is 54.2 Å². The first-order chi connectivity index (χ1) is 20.0. The van der Waals surface area contributed by atoms with Crippen LogP contribution in [0.3, 0.4) is 0 Å². The molecule has 0 spiro atoms. The zero-order valence-electron chi connectivity index (χ0n) is 23.1. The van der Waals surface area contributed by atoms with Crippen LogP contribution in [0.15, 0.2) is 54.7 Å². The molecule has 2 aromatic heterocycles. The maximum Gasteiger partial charge on any atom is 0.333 e. The molecule has 0 aliphatic carbocycles. The molecule has 4 aromatic rings. The molecule has 13 heteroatoms. The number of aromatic nitrogens is 5. The highest BCUT2D eigenvalue weighted by atomic mass is 35.5. The third-order valence-electron chi connectivity index (χ3n) is 6.73. The SMILES string of the molecule is CCOC(=O)C(NOC)c1nnn(CC[C@H]2O[C@H](c3cccc(OC)c3OC)c3cc(Cl)ccc3-n3cccc32)n1. The smallest absolute Gasteiger partial charge is 0.333 e. The molecule has 1 N–H and O–H groups in total. The number of nitrogens with one attached hydrogen (secondary N) is 1. The Hall–Kier alpha value is -3.97. The van der Waals surface area contributed by atoms with E-state index in [4.69, 9.17) is 35.4 Å². The summed E-state index contributed by atoms with van der Waals surface area (Å²) in [5.74, 6) is 0.745. The Labute approximate surface area is 242 Å². The van der Waals surface area contributed by atoms with Crippen LogP contribution < -0.4 is 15.0 Å². The number of esters is 1. The number of tetrazole rings is 1. The summed E-state index contributed by atoms with van der Waals surface area (Å²) in [6, 6.07) is 14.4. The second-order valence-corrected chi connectivity index (χ2v) is 9.57. The number of aryl methyl sites for hydroxylation is 1. The number of fused-ring (bicyclic) bond motifs is 3. The number of hydrogen-bond acceptors (Lipinski definition) is 10. The first-order valence-electron chi connectivity index (χ1n) is 13.0. The summed E-state index contributed by atoms with van der Waals surface area (Å²) in [6.07, 6.45) is 1.57. The van der Waals surface area contributed by atoms with E-state index >= 15 is 0 Å². The number of carbonyl (C=O) groups excluding carboxylic acids is 1. The van der Waals surface area contributed by atoms with Crippen molar-refractivity contribution in [1.29, 1.82) is 0 Å². The molecule has 1 aliphatic heterocycles. The van der Waals surface area contributed by atoms with Gasteiger partial charge in [-0.25, -0.2) is 4.79 Å². The van der Waals surface area contributed by atoms with E-state index < -0.39 is 18.1 Å². The van der Waals surface area contributed by atoms with Gasteiger partial charge in [0.25, 0.3) is 0 Å². The quantitative estimate of drug-likeness (QED) is 0.204. The second-order valence-electron chi connectivity index (χ2n) is 9.13. The van der Waals surface area contributed by atoms with Crippen LogP contribution in [0.2, 0.25) is 5.02 Å². The normalized spacial score (nSPS) is 16.8. The Bertz CT molecular complexity index is 1510. The van der Waals surface area contributed by atoms with E-state index in [2.05, 4.69) is 25.5 Å². The van der Waals surface area contributed by atoms with Crippen molar-refractivity contribution in [2.75, 3.05) is 27.9 Å². The van der Waals surface area contributed by atoms with Crippen molar-refractivity contribution in [3.63, 3.8) is 0 Å². The summed E-state index contributed by atoms with van der Waals surface area (Å²) in [4.78, 5) is 18.7. The predicted molar refractivity (Wildman–Crippen MR) is 148 cm³/mol. The van der Waals surface area contributed by atoms with Crippen LogP contribution in [0.25, 0.3) is 5.69 Å². The fraction of sp³-hybridized carbons (Fsp3) is 0.357. The number of carbonyl (C=O) groups is 1. The Morgan fingerprint density at radius 3 is 2.73 bits per heavy atom. The molecule has 216 valence electrons. The molecule has 0 bridgehead atoms. The number of halogens is 1. The lowest BCUT2D eigenvalue weighted by Crippen LogP contribution is -2.30. The number of methoxy groups -OCH3 is 2. The number of para-hydroxylation sites is 1. The lowest BCUT2D eigenvalue weighted by molar-refractivity contribution is -0.150. The van der Waals surface area contributed by atoms with Gasteiger partial charge in [-0.15, -0.1) is 10.2 Å². The fourth-order valence-corrected chi connectivity index (χ4v) is 5.14. The molecule has 0 radical (unpaired) electrons. The van der Waals surface area contributed by atoms with Gasteiger partial charge in [0.2, 0.25) is 5.82 Å². The van der Waals surface area contributed by atoms with Gasteiger partial charge >= 0.3 is 5.97 Å². The van der Waals surface area contributed by atoms with E-state index in [-0.39, 0.29) is 18.5 Å². The molecule has 41 heavy (non-hydrogen) atoms. The molecule has 3 atom stereocenters. The van der Waals surface area contributed by atoms with E-state index in [0.29, 0.717) is 29.5 Å². The topological polar surface area (TPSA) is 124 Å². The molecule has 0 amide bonds. The number of rotatable bonds is 11. The third kappa shape index (κ3) is 5.77. The first-order valence-corrected chi connectivity index (χ1v) is 13.4. The minimum Gasteiger partial charge on any atom is -0.493 e. The number of ether oxygens (including phenoxy) is 4. The van der Waals surface area contributed by atoms with Crippen LogP contribution in [-0.2, 0) is 25.7 Å². The predicted octanol–water partition coefficient (Wildman–Crippen LogP) is 4.14. The highest BCUT2D eigenvalue weighted by molar-refractivity contribution is 6.30. The van der Waals surface area contributed by atoms with Gasteiger partial charge in [-0.05, 0) is 48.5 Å². The molecule has 5 rings (SSSR count). The van der Waals surface area contributed by atoms with Crippen molar-refractivity contribution in [1.82, 2.24) is 30.3 Å². The average Bonchev–Trinajstić information content (AvgIpc) is 3.64. The highest BCUT2D eigenvalue weighted by Crippen LogP contribution is 2.46. The van der Waals surface area contributed by atoms with Gasteiger partial charge in [-0.2, -0.15) is 10.3 Å². The van der Waals surface area contributed by atoms with Gasteiger partial charge in [-0.3, -0.25) is 0 Å². The lowest BCUT2D eigenvalue weighted by atomic mass is 9.98. The molecule has 0 saturated heterocycles. The fourth-order valence-electron chi connectivity index (χ4n) is 4.96. The zero-order valence-corrected chi connectivity index (χ0v) is 23.9. The Balaban J connectivity index is 1.48. The largest absolute Gasteiger partial charge is 0.493 e. The molecular formula is C28H31ClN6O6. The monoisotopic (exact) mass is 582 g/mol. The molecule has 2 aromatic carbocycles. The van der Waals surface area contributed by atoms with Gasteiger partial charge < -0.3 is 28.4 Å². The lowest BCUT2D eigenvalue weighted by Gasteiger charge is -2.25. The summed E-state index contributed by atoms with van der Waals surface area (Å²) in [7, 11) is 4.60. The zero-order chi connectivity index (χ0) is 28.9.